The van der Waals surface area contributed by atoms with Gasteiger partial charge in [-0.2, -0.15) is 4.68 Å². The number of hydrogen-bond donors (Lipinski definition) is 0. The number of nitrogens with zero attached hydrogens (tertiary/aromatic N) is 6. The van der Waals surface area contributed by atoms with Gasteiger partial charge >= 0.3 is 0 Å². The first kappa shape index (κ1) is 47.1. The van der Waals surface area contributed by atoms with Crippen LogP contribution in [0, 0.1) is 6.33 Å². The summed E-state index contributed by atoms with van der Waals surface area (Å²) in [5.74, 6) is 3.58. The number of ether oxygens (including phenoxy) is 1. The molecule has 0 saturated heterocycles. The van der Waals surface area contributed by atoms with Crippen LogP contribution in [0.15, 0.2) is 170 Å². The highest BCUT2D eigenvalue weighted by atomic mass is 16.5. The Labute approximate surface area is 419 Å². The number of aromatic nitrogens is 6. The van der Waals surface area contributed by atoms with Crippen molar-refractivity contribution in [1.82, 2.24) is 24.2 Å². The number of fused-ring (bicyclic) bond motifs is 3. The van der Waals surface area contributed by atoms with Crippen LogP contribution in [0.5, 0.6) is 11.5 Å². The van der Waals surface area contributed by atoms with Crippen LogP contribution in [0.4, 0.5) is 0 Å². The molecule has 4 heterocycles. The zero-order chi connectivity index (χ0) is 50.0. The third-order valence-corrected chi connectivity index (χ3v) is 13.4. The number of pyridine rings is 2. The largest absolute Gasteiger partial charge is 0.458 e. The summed E-state index contributed by atoms with van der Waals surface area (Å²) in [5, 5.41) is 7.88. The van der Waals surface area contributed by atoms with E-state index >= 15 is 0 Å². The number of benzene rings is 6. The summed E-state index contributed by atoms with van der Waals surface area (Å²) in [6.45, 7) is 26.9. The van der Waals surface area contributed by atoms with Crippen molar-refractivity contribution in [1.29, 1.82) is 0 Å². The predicted octanol–water partition coefficient (Wildman–Crippen LogP) is 15.8. The van der Waals surface area contributed by atoms with E-state index in [2.05, 4.69) is 252 Å². The minimum Gasteiger partial charge on any atom is -0.458 e. The summed E-state index contributed by atoms with van der Waals surface area (Å²) in [6, 6.07) is 57.8. The van der Waals surface area contributed by atoms with E-state index in [4.69, 9.17) is 19.8 Å². The molecule has 0 aliphatic rings. The smallest absolute Gasteiger partial charge is 0.275 e. The third kappa shape index (κ3) is 9.29. The first-order valence-corrected chi connectivity index (χ1v) is 24.8. The minimum atomic E-state index is -0.336. The lowest BCUT2D eigenvalue weighted by Crippen LogP contribution is -2.34. The fourth-order valence-corrected chi connectivity index (χ4v) is 9.30. The Balaban J connectivity index is 1.20. The molecule has 6 aromatic carbocycles. The Hall–Kier alpha value is -7.64. The fraction of sp³-hybridized carbons (Fsp3) is 0.250. The van der Waals surface area contributed by atoms with Gasteiger partial charge in [-0.3, -0.25) is 14.1 Å². The standard InChI is InChI=1S/C64H64N6O/c1-61(2,3)45-32-33-65-57(37-45)70-54-29-20-19-26-52(54)53-31-30-48(38-55(53)70)71-49-39-56(64(10,11)12)66-58(40-49)68-41-69(67-60(68)44-34-46(62(4,5)6)36-47(35-44)63(7,8)9)59-50(42-22-15-13-16-23-42)27-21-28-51(59)43-24-17-14-18-25-43/h13-40H,1-12H3. The summed E-state index contributed by atoms with van der Waals surface area (Å²) in [4.78, 5) is 10.4. The Morgan fingerprint density at radius 1 is 0.465 bits per heavy atom. The third-order valence-electron chi connectivity index (χ3n) is 13.4. The van der Waals surface area contributed by atoms with Gasteiger partial charge < -0.3 is 4.74 Å². The van der Waals surface area contributed by atoms with E-state index in [0.717, 1.165) is 66.8 Å². The maximum absolute atomic E-state index is 7.04. The van der Waals surface area contributed by atoms with Crippen LogP contribution in [0.1, 0.15) is 105 Å². The lowest BCUT2D eigenvalue weighted by atomic mass is 9.79. The predicted molar refractivity (Wildman–Crippen MR) is 291 cm³/mol. The van der Waals surface area contributed by atoms with Gasteiger partial charge in [0.1, 0.15) is 23.1 Å². The molecule has 0 saturated carbocycles. The van der Waals surface area contributed by atoms with Gasteiger partial charge in [-0.15, -0.1) is 5.10 Å². The SMILES string of the molecule is CC(C)(C)c1cc(-c2n[n+](-c3c(-c4ccccc4)cccc3-c3ccccc3)[c-]n2-c2cc(Oc3ccc4c5ccccc5n(-c5cc(C(C)(C)C)ccn5)c4c3)cc(C(C)(C)C)n2)cc(C(C)(C)C)c1. The molecule has 0 N–H and O–H groups in total. The Morgan fingerprint density at radius 2 is 1.06 bits per heavy atom. The van der Waals surface area contributed by atoms with Gasteiger partial charge in [0.25, 0.3) is 6.33 Å². The van der Waals surface area contributed by atoms with Crippen molar-refractivity contribution in [3.8, 4) is 62.5 Å². The molecule has 0 fully saturated rings. The van der Waals surface area contributed by atoms with E-state index in [-0.39, 0.29) is 21.7 Å². The molecule has 10 rings (SSSR count). The minimum absolute atomic E-state index is 0.0416. The Kier molecular flexibility index (Phi) is 11.7. The molecule has 0 amide bonds. The zero-order valence-electron chi connectivity index (χ0n) is 43.3. The van der Waals surface area contributed by atoms with Crippen molar-refractivity contribution in [2.45, 2.75) is 105 Å². The molecule has 0 spiro atoms. The van der Waals surface area contributed by atoms with Crippen molar-refractivity contribution < 1.29 is 9.42 Å². The average Bonchev–Trinajstić information content (AvgIpc) is 3.93. The normalized spacial score (nSPS) is 12.5. The molecule has 356 valence electrons. The zero-order valence-corrected chi connectivity index (χ0v) is 43.3. The maximum Gasteiger partial charge on any atom is 0.275 e. The second-order valence-corrected chi connectivity index (χ2v) is 23.0. The summed E-state index contributed by atoms with van der Waals surface area (Å²) < 4.78 is 13.3. The highest BCUT2D eigenvalue weighted by Gasteiger charge is 2.27. The van der Waals surface area contributed by atoms with Gasteiger partial charge in [0.05, 0.1) is 16.7 Å². The van der Waals surface area contributed by atoms with Gasteiger partial charge in [-0.25, -0.2) is 4.98 Å². The van der Waals surface area contributed by atoms with E-state index < -0.39 is 0 Å². The van der Waals surface area contributed by atoms with Crippen LogP contribution < -0.4 is 9.42 Å². The summed E-state index contributed by atoms with van der Waals surface area (Å²) in [5.41, 5.74) is 12.1. The lowest BCUT2D eigenvalue weighted by Gasteiger charge is -2.26. The highest BCUT2D eigenvalue weighted by molar-refractivity contribution is 6.09. The first-order chi connectivity index (χ1) is 33.7. The molecule has 0 unspecified atom stereocenters. The van der Waals surface area contributed by atoms with E-state index in [9.17, 15) is 0 Å². The second kappa shape index (κ2) is 17.6. The Bertz CT molecular complexity index is 3500. The molecule has 0 radical (unpaired) electrons. The molecule has 7 nitrogen and oxygen atoms in total. The van der Waals surface area contributed by atoms with Crippen molar-refractivity contribution >= 4 is 21.8 Å². The molecule has 0 atom stereocenters. The highest BCUT2D eigenvalue weighted by Crippen LogP contribution is 2.40. The van der Waals surface area contributed by atoms with E-state index in [1.165, 1.54) is 16.7 Å². The fourth-order valence-electron chi connectivity index (χ4n) is 9.30. The van der Waals surface area contributed by atoms with Crippen molar-refractivity contribution in [2.75, 3.05) is 0 Å². The first-order valence-electron chi connectivity index (χ1n) is 24.8. The molecular formula is C64H64N6O. The van der Waals surface area contributed by atoms with Gasteiger partial charge in [0.15, 0.2) is 5.82 Å². The topological polar surface area (TPSA) is 61.6 Å². The van der Waals surface area contributed by atoms with Gasteiger partial charge in [-0.1, -0.05) is 198 Å². The molecular weight excluding hydrogens is 869 g/mol. The van der Waals surface area contributed by atoms with Gasteiger partial charge in [0, 0.05) is 51.8 Å². The van der Waals surface area contributed by atoms with Crippen molar-refractivity contribution in [2.24, 2.45) is 0 Å². The van der Waals surface area contributed by atoms with Crippen LogP contribution in [0.25, 0.3) is 72.8 Å². The monoisotopic (exact) mass is 933 g/mol. The number of para-hydroxylation sites is 2. The van der Waals surface area contributed by atoms with E-state index in [1.807, 2.05) is 21.5 Å². The quantitative estimate of drug-likeness (QED) is 0.112. The summed E-state index contributed by atoms with van der Waals surface area (Å²) in [6.07, 6.45) is 5.71. The summed E-state index contributed by atoms with van der Waals surface area (Å²) in [7, 11) is 0. The molecule has 4 aromatic heterocycles. The molecule has 10 aromatic rings. The molecule has 0 aliphatic heterocycles. The Morgan fingerprint density at radius 3 is 1.66 bits per heavy atom. The summed E-state index contributed by atoms with van der Waals surface area (Å²) >= 11 is 0. The van der Waals surface area contributed by atoms with Crippen molar-refractivity contribution in [3.05, 3.63) is 199 Å². The second-order valence-electron chi connectivity index (χ2n) is 23.0. The number of hydrogen-bond acceptors (Lipinski definition) is 4. The molecule has 0 aliphatic carbocycles. The van der Waals surface area contributed by atoms with Crippen LogP contribution in [0.3, 0.4) is 0 Å². The van der Waals surface area contributed by atoms with E-state index in [1.54, 1.807) is 0 Å². The van der Waals surface area contributed by atoms with Crippen LogP contribution >= 0.6 is 0 Å². The average molecular weight is 933 g/mol. The molecule has 71 heavy (non-hydrogen) atoms. The molecule has 7 heteroatoms. The van der Waals surface area contributed by atoms with Crippen LogP contribution in [-0.4, -0.2) is 24.2 Å². The van der Waals surface area contributed by atoms with Crippen molar-refractivity contribution in [3.63, 3.8) is 0 Å². The molecule has 0 bridgehead atoms. The van der Waals surface area contributed by atoms with Crippen LogP contribution in [0.2, 0.25) is 0 Å². The number of rotatable bonds is 8. The maximum atomic E-state index is 7.04. The van der Waals surface area contributed by atoms with Gasteiger partial charge in [0.2, 0.25) is 0 Å². The van der Waals surface area contributed by atoms with Crippen LogP contribution in [-0.2, 0) is 21.7 Å². The van der Waals surface area contributed by atoms with E-state index in [0.29, 0.717) is 23.1 Å². The van der Waals surface area contributed by atoms with Gasteiger partial charge in [-0.05, 0) is 85.5 Å². The lowest BCUT2D eigenvalue weighted by molar-refractivity contribution is -0.659.